The zero-order chi connectivity index (χ0) is 42.8. The molecule has 0 spiro atoms. The Morgan fingerprint density at radius 1 is 0.460 bits per heavy atom. The van der Waals surface area contributed by atoms with Crippen molar-refractivity contribution in [2.24, 2.45) is 0 Å². The number of fused-ring (bicyclic) bond motifs is 9. The number of benzene rings is 6. The standard InChI is InChI=1S/C54H44N6O2S/c1-29-19-30(2)49(55)42(20-29)60-17-14-38-41-26-34(10-12-48(41)63-54(38)60)24-36-22-32(4)51(57)44(28-36)59-16-13-37-40-25-33(9-11-46(40)62-53(37)59)23-35-21-31(3)50(56)43(27-35)58-18-15-47-52(58)39-7-5-6-8-45(39)61-47/h5-22,25-28H,23-24,55-57H2,1-4H3. The topological polar surface area (TPSA) is 119 Å². The maximum Gasteiger partial charge on any atom is 0.212 e. The molecule has 6 heterocycles. The van der Waals surface area contributed by atoms with Gasteiger partial charge in [0.2, 0.25) is 5.71 Å². The molecule has 308 valence electrons. The molecule has 0 bridgehead atoms. The van der Waals surface area contributed by atoms with Crippen molar-refractivity contribution in [2.75, 3.05) is 17.2 Å². The van der Waals surface area contributed by atoms with Crippen LogP contribution in [0.1, 0.15) is 44.5 Å². The first-order chi connectivity index (χ1) is 30.6. The molecule has 8 nitrogen and oxygen atoms in total. The first-order valence-electron chi connectivity index (χ1n) is 21.3. The molecule has 0 radical (unpaired) electrons. The van der Waals surface area contributed by atoms with E-state index in [4.69, 9.17) is 26.0 Å². The largest absolute Gasteiger partial charge is 0.454 e. The Kier molecular flexibility index (Phi) is 8.08. The summed E-state index contributed by atoms with van der Waals surface area (Å²) in [6.07, 6.45) is 7.76. The van der Waals surface area contributed by atoms with Crippen LogP contribution in [0.25, 0.3) is 81.5 Å². The summed E-state index contributed by atoms with van der Waals surface area (Å²) in [6, 6.07) is 40.9. The highest BCUT2D eigenvalue weighted by molar-refractivity contribution is 7.25. The number of anilines is 3. The number of nitrogen functional groups attached to an aromatic ring is 3. The van der Waals surface area contributed by atoms with Gasteiger partial charge in [0.1, 0.15) is 16.0 Å². The van der Waals surface area contributed by atoms with Crippen molar-refractivity contribution in [3.63, 3.8) is 0 Å². The van der Waals surface area contributed by atoms with Crippen molar-refractivity contribution >= 4 is 92.8 Å². The molecule has 0 aliphatic rings. The van der Waals surface area contributed by atoms with Gasteiger partial charge in [0.25, 0.3) is 0 Å². The Balaban J connectivity index is 0.860. The summed E-state index contributed by atoms with van der Waals surface area (Å²) in [6.45, 7) is 8.36. The molecular formula is C54H44N6O2S. The fourth-order valence-corrected chi connectivity index (χ4v) is 10.9. The second-order valence-electron chi connectivity index (χ2n) is 17.2. The zero-order valence-corrected chi connectivity index (χ0v) is 36.2. The molecule has 63 heavy (non-hydrogen) atoms. The maximum absolute atomic E-state index is 6.87. The molecule has 12 rings (SSSR count). The van der Waals surface area contributed by atoms with Gasteiger partial charge in [-0.2, -0.15) is 0 Å². The van der Waals surface area contributed by atoms with Crippen LogP contribution in [0.15, 0.2) is 143 Å². The van der Waals surface area contributed by atoms with E-state index in [2.05, 4.69) is 145 Å². The molecule has 0 aliphatic carbocycles. The molecule has 9 heteroatoms. The molecule has 6 aromatic carbocycles. The van der Waals surface area contributed by atoms with Crippen molar-refractivity contribution < 1.29 is 8.83 Å². The Morgan fingerprint density at radius 2 is 1.06 bits per heavy atom. The number of hydrogen-bond donors (Lipinski definition) is 3. The van der Waals surface area contributed by atoms with Crippen LogP contribution in [0.2, 0.25) is 0 Å². The lowest BCUT2D eigenvalue weighted by atomic mass is 9.99. The normalized spacial score (nSPS) is 12.1. The SMILES string of the molecule is Cc1cc(C)c(N)c(-n2ccc3c4cc(Cc5cc(C)c(N)c(-n6ccc7c8cc(Cc9cc(C)c(N)c(-n%10ccc%11oc%12ccccc%12c%11%10)c9)ccc8oc76)c5)ccc4sc32)c1. The van der Waals surface area contributed by atoms with Crippen molar-refractivity contribution in [2.45, 2.75) is 40.5 Å². The minimum absolute atomic E-state index is 0.734. The third-order valence-corrected chi connectivity index (χ3v) is 14.1. The van der Waals surface area contributed by atoms with Gasteiger partial charge < -0.3 is 35.2 Å². The highest BCUT2D eigenvalue weighted by Gasteiger charge is 2.20. The first kappa shape index (κ1) is 37.2. The highest BCUT2D eigenvalue weighted by atomic mass is 32.1. The molecule has 0 amide bonds. The van der Waals surface area contributed by atoms with Crippen molar-refractivity contribution in [1.82, 2.24) is 13.7 Å². The second kappa shape index (κ2) is 13.7. The summed E-state index contributed by atoms with van der Waals surface area (Å²) in [4.78, 5) is 1.20. The van der Waals surface area contributed by atoms with E-state index in [-0.39, 0.29) is 0 Å². The van der Waals surface area contributed by atoms with Crippen LogP contribution in [-0.4, -0.2) is 13.7 Å². The average Bonchev–Trinajstić information content (AvgIpc) is 4.12. The lowest BCUT2D eigenvalue weighted by molar-refractivity contribution is 0.643. The summed E-state index contributed by atoms with van der Waals surface area (Å²) < 4.78 is 20.5. The van der Waals surface area contributed by atoms with E-state index in [9.17, 15) is 0 Å². The monoisotopic (exact) mass is 840 g/mol. The van der Waals surface area contributed by atoms with Crippen LogP contribution >= 0.6 is 11.3 Å². The summed E-state index contributed by atoms with van der Waals surface area (Å²) in [5.74, 6) is 0. The number of nitrogens with two attached hydrogens (primary N) is 3. The smallest absolute Gasteiger partial charge is 0.212 e. The van der Waals surface area contributed by atoms with Gasteiger partial charge >= 0.3 is 0 Å². The van der Waals surface area contributed by atoms with Gasteiger partial charge in [0.15, 0.2) is 5.58 Å². The summed E-state index contributed by atoms with van der Waals surface area (Å²) in [5, 5.41) is 5.68. The van der Waals surface area contributed by atoms with Gasteiger partial charge in [-0.15, -0.1) is 11.3 Å². The van der Waals surface area contributed by atoms with E-state index in [1.54, 1.807) is 11.3 Å². The van der Waals surface area contributed by atoms with Gasteiger partial charge in [-0.1, -0.05) is 42.5 Å². The Hall–Kier alpha value is -7.62. The van der Waals surface area contributed by atoms with Gasteiger partial charge in [0.05, 0.1) is 39.6 Å². The third-order valence-electron chi connectivity index (χ3n) is 12.9. The highest BCUT2D eigenvalue weighted by Crippen LogP contribution is 2.40. The molecule has 6 N–H and O–H groups in total. The van der Waals surface area contributed by atoms with E-state index >= 15 is 0 Å². The number of aromatic nitrogens is 3. The van der Waals surface area contributed by atoms with Gasteiger partial charge in [0, 0.05) is 50.2 Å². The fraction of sp³-hybridized carbons (Fsp3) is 0.111. The van der Waals surface area contributed by atoms with E-state index in [1.165, 1.54) is 48.1 Å². The summed E-state index contributed by atoms with van der Waals surface area (Å²) in [5.41, 5.74) is 38.9. The van der Waals surface area contributed by atoms with E-state index < -0.39 is 0 Å². The Morgan fingerprint density at radius 3 is 1.83 bits per heavy atom. The molecule has 6 aromatic heterocycles. The number of nitrogens with zero attached hydrogens (tertiary/aromatic N) is 3. The molecular weight excluding hydrogens is 797 g/mol. The fourth-order valence-electron chi connectivity index (χ4n) is 9.78. The number of para-hydroxylation sites is 1. The minimum atomic E-state index is 0.734. The predicted octanol–water partition coefficient (Wildman–Crippen LogP) is 13.4. The van der Waals surface area contributed by atoms with Crippen LogP contribution in [-0.2, 0) is 12.8 Å². The Labute approximate surface area is 367 Å². The van der Waals surface area contributed by atoms with E-state index in [0.29, 0.717) is 0 Å². The number of rotatable bonds is 7. The third kappa shape index (κ3) is 5.80. The van der Waals surface area contributed by atoms with Crippen LogP contribution < -0.4 is 17.2 Å². The second-order valence-corrected chi connectivity index (χ2v) is 18.3. The van der Waals surface area contributed by atoms with Crippen molar-refractivity contribution in [3.05, 3.63) is 178 Å². The summed E-state index contributed by atoms with van der Waals surface area (Å²) in [7, 11) is 0. The van der Waals surface area contributed by atoms with Gasteiger partial charge in [-0.05, 0) is 158 Å². The van der Waals surface area contributed by atoms with Gasteiger partial charge in [-0.3, -0.25) is 4.57 Å². The Bertz CT molecular complexity index is 3850. The lowest BCUT2D eigenvalue weighted by Gasteiger charge is -2.14. The quantitative estimate of drug-likeness (QED) is 0.138. The number of furan rings is 2. The van der Waals surface area contributed by atoms with Crippen LogP contribution in [0.5, 0.6) is 0 Å². The van der Waals surface area contributed by atoms with Crippen molar-refractivity contribution in [1.29, 1.82) is 0 Å². The van der Waals surface area contributed by atoms with Crippen LogP contribution in [0, 0.1) is 27.7 Å². The van der Waals surface area contributed by atoms with Gasteiger partial charge in [-0.25, -0.2) is 0 Å². The predicted molar refractivity (Wildman–Crippen MR) is 263 cm³/mol. The lowest BCUT2D eigenvalue weighted by Crippen LogP contribution is -2.03. The van der Waals surface area contributed by atoms with Crippen molar-refractivity contribution in [3.8, 4) is 17.1 Å². The summed E-state index contributed by atoms with van der Waals surface area (Å²) >= 11 is 1.80. The van der Waals surface area contributed by atoms with E-state index in [0.717, 1.165) is 108 Å². The molecule has 12 aromatic rings. The first-order valence-corrected chi connectivity index (χ1v) is 22.1. The zero-order valence-electron chi connectivity index (χ0n) is 35.4. The maximum atomic E-state index is 6.87. The van der Waals surface area contributed by atoms with Crippen LogP contribution in [0.4, 0.5) is 17.1 Å². The molecule has 0 saturated heterocycles. The molecule has 0 unspecified atom stereocenters. The van der Waals surface area contributed by atoms with Crippen LogP contribution in [0.3, 0.4) is 0 Å². The minimum Gasteiger partial charge on any atom is -0.454 e. The molecule has 0 atom stereocenters. The molecule has 0 fully saturated rings. The van der Waals surface area contributed by atoms with E-state index in [1.807, 2.05) is 30.5 Å². The number of thiophene rings is 1. The number of hydrogen-bond acceptors (Lipinski definition) is 6. The molecule has 0 aliphatic heterocycles. The number of aryl methyl sites for hydroxylation is 4. The average molecular weight is 841 g/mol. The molecule has 0 saturated carbocycles.